The monoisotopic (exact) mass is 225 g/mol. The minimum absolute atomic E-state index is 0.116. The van der Waals surface area contributed by atoms with Crippen molar-refractivity contribution in [2.75, 3.05) is 13.1 Å². The summed E-state index contributed by atoms with van der Waals surface area (Å²) < 4.78 is 0. The molecule has 16 heavy (non-hydrogen) atoms. The Kier molecular flexibility index (Phi) is 3.24. The zero-order valence-corrected chi connectivity index (χ0v) is 10.4. The molecule has 2 saturated carbocycles. The van der Waals surface area contributed by atoms with Crippen LogP contribution >= 0.6 is 0 Å². The maximum atomic E-state index is 10.8. The van der Waals surface area contributed by atoms with E-state index in [0.29, 0.717) is 12.5 Å². The quantitative estimate of drug-likeness (QED) is 0.723. The van der Waals surface area contributed by atoms with E-state index in [4.69, 9.17) is 5.11 Å². The highest BCUT2D eigenvalue weighted by molar-refractivity contribution is 5.68. The van der Waals surface area contributed by atoms with E-state index < -0.39 is 5.97 Å². The number of nitrogens with zero attached hydrogens (tertiary/aromatic N) is 1. The van der Waals surface area contributed by atoms with Crippen molar-refractivity contribution in [3.8, 4) is 0 Å². The molecular formula is C13H23NO2. The summed E-state index contributed by atoms with van der Waals surface area (Å²) in [6.07, 6.45) is 5.31. The van der Waals surface area contributed by atoms with Crippen molar-refractivity contribution in [3.63, 3.8) is 0 Å². The van der Waals surface area contributed by atoms with Gasteiger partial charge in [0, 0.05) is 19.1 Å². The van der Waals surface area contributed by atoms with Gasteiger partial charge in [-0.1, -0.05) is 0 Å². The molecule has 3 heteroatoms. The van der Waals surface area contributed by atoms with E-state index >= 15 is 0 Å². The molecule has 0 aromatic rings. The van der Waals surface area contributed by atoms with Gasteiger partial charge in [-0.2, -0.15) is 0 Å². The fourth-order valence-electron chi connectivity index (χ4n) is 2.41. The number of hydrogen-bond acceptors (Lipinski definition) is 2. The maximum Gasteiger partial charge on any atom is 0.303 e. The second kappa shape index (κ2) is 4.36. The predicted molar refractivity (Wildman–Crippen MR) is 63.4 cm³/mol. The average Bonchev–Trinajstić information content (AvgIpc) is 3.02. The molecule has 0 aromatic carbocycles. The summed E-state index contributed by atoms with van der Waals surface area (Å²) in [6, 6.07) is 0.548. The first-order chi connectivity index (χ1) is 7.51. The molecular weight excluding hydrogens is 202 g/mol. The van der Waals surface area contributed by atoms with Gasteiger partial charge in [-0.25, -0.2) is 0 Å². The third kappa shape index (κ3) is 3.21. The van der Waals surface area contributed by atoms with Gasteiger partial charge in [-0.15, -0.1) is 0 Å². The van der Waals surface area contributed by atoms with Crippen LogP contribution in [0, 0.1) is 11.3 Å². The van der Waals surface area contributed by atoms with Crippen LogP contribution in [0.4, 0.5) is 0 Å². The summed E-state index contributed by atoms with van der Waals surface area (Å²) in [5.74, 6) is 0.260. The summed E-state index contributed by atoms with van der Waals surface area (Å²) in [5, 5.41) is 8.92. The lowest BCUT2D eigenvalue weighted by molar-refractivity contribution is -0.138. The van der Waals surface area contributed by atoms with E-state index in [9.17, 15) is 4.79 Å². The van der Waals surface area contributed by atoms with Gasteiger partial charge in [-0.05, 0) is 50.9 Å². The van der Waals surface area contributed by atoms with Crippen LogP contribution in [0.25, 0.3) is 0 Å². The van der Waals surface area contributed by atoms with E-state index in [-0.39, 0.29) is 5.41 Å². The molecule has 92 valence electrons. The van der Waals surface area contributed by atoms with Crippen molar-refractivity contribution >= 4 is 5.97 Å². The Morgan fingerprint density at radius 3 is 2.44 bits per heavy atom. The van der Waals surface area contributed by atoms with E-state index in [1.54, 1.807) is 0 Å². The Hall–Kier alpha value is -0.570. The molecule has 0 amide bonds. The van der Waals surface area contributed by atoms with Gasteiger partial charge < -0.3 is 10.0 Å². The fourth-order valence-corrected chi connectivity index (χ4v) is 2.41. The van der Waals surface area contributed by atoms with Gasteiger partial charge >= 0.3 is 5.97 Å². The molecule has 2 rings (SSSR count). The Morgan fingerprint density at radius 2 is 2.06 bits per heavy atom. The van der Waals surface area contributed by atoms with Crippen LogP contribution < -0.4 is 0 Å². The summed E-state index contributed by atoms with van der Waals surface area (Å²) >= 11 is 0. The Balaban J connectivity index is 1.86. The van der Waals surface area contributed by atoms with E-state index in [1.807, 2.05) is 0 Å². The zero-order chi connectivity index (χ0) is 11.8. The molecule has 0 saturated heterocycles. The van der Waals surface area contributed by atoms with E-state index in [1.165, 1.54) is 19.4 Å². The second-order valence-corrected chi connectivity index (χ2v) is 6.04. The zero-order valence-electron chi connectivity index (χ0n) is 10.4. The van der Waals surface area contributed by atoms with Crippen molar-refractivity contribution in [1.82, 2.24) is 4.90 Å². The minimum Gasteiger partial charge on any atom is -0.481 e. The molecule has 1 N–H and O–H groups in total. The number of hydrogen-bond donors (Lipinski definition) is 1. The first-order valence-corrected chi connectivity index (χ1v) is 6.47. The molecule has 3 nitrogen and oxygen atoms in total. The Bertz CT molecular complexity index is 267. The first-order valence-electron chi connectivity index (χ1n) is 6.47. The molecule has 2 aliphatic carbocycles. The number of carbonyl (C=O) groups is 1. The molecule has 0 bridgehead atoms. The van der Waals surface area contributed by atoms with Crippen LogP contribution in [0.3, 0.4) is 0 Å². The molecule has 0 atom stereocenters. The highest BCUT2D eigenvalue weighted by Gasteiger charge is 2.46. The van der Waals surface area contributed by atoms with Crippen LogP contribution in [0.1, 0.15) is 46.0 Å². The standard InChI is InChI=1S/C13H23NO2/c1-10(2)14(8-11-3-4-11)9-13(5-6-13)7-12(15)16/h10-11H,3-9H2,1-2H3,(H,15,16). The SMILES string of the molecule is CC(C)N(CC1CC1)CC1(CC(=O)O)CC1. The van der Waals surface area contributed by atoms with Crippen LogP contribution in [0.5, 0.6) is 0 Å². The largest absolute Gasteiger partial charge is 0.481 e. The maximum absolute atomic E-state index is 10.8. The smallest absolute Gasteiger partial charge is 0.303 e. The normalized spacial score (nSPS) is 22.8. The number of rotatable bonds is 7. The predicted octanol–water partition coefficient (Wildman–Crippen LogP) is 2.36. The number of carboxylic acids is 1. The van der Waals surface area contributed by atoms with E-state index in [0.717, 1.165) is 25.3 Å². The summed E-state index contributed by atoms with van der Waals surface area (Å²) in [4.78, 5) is 13.3. The topological polar surface area (TPSA) is 40.5 Å². The summed E-state index contributed by atoms with van der Waals surface area (Å²) in [7, 11) is 0. The molecule has 0 unspecified atom stereocenters. The minimum atomic E-state index is -0.632. The van der Waals surface area contributed by atoms with Crippen molar-refractivity contribution in [3.05, 3.63) is 0 Å². The van der Waals surface area contributed by atoms with Gasteiger partial charge in [0.05, 0.1) is 6.42 Å². The van der Waals surface area contributed by atoms with Gasteiger partial charge in [0.2, 0.25) is 0 Å². The lowest BCUT2D eigenvalue weighted by Gasteiger charge is -2.30. The third-order valence-electron chi connectivity index (χ3n) is 3.94. The summed E-state index contributed by atoms with van der Waals surface area (Å²) in [6.45, 7) is 6.62. The van der Waals surface area contributed by atoms with Crippen LogP contribution in [-0.2, 0) is 4.79 Å². The highest BCUT2D eigenvalue weighted by atomic mass is 16.4. The lowest BCUT2D eigenvalue weighted by Crippen LogP contribution is -2.38. The van der Waals surface area contributed by atoms with Crippen LogP contribution in [0.15, 0.2) is 0 Å². The first kappa shape index (κ1) is 11.9. The highest BCUT2D eigenvalue weighted by Crippen LogP contribution is 2.50. The molecule has 0 aliphatic heterocycles. The van der Waals surface area contributed by atoms with E-state index in [2.05, 4.69) is 18.7 Å². The van der Waals surface area contributed by atoms with Gasteiger partial charge in [0.15, 0.2) is 0 Å². The van der Waals surface area contributed by atoms with Crippen molar-refractivity contribution < 1.29 is 9.90 Å². The third-order valence-corrected chi connectivity index (χ3v) is 3.94. The second-order valence-electron chi connectivity index (χ2n) is 6.04. The Morgan fingerprint density at radius 1 is 1.44 bits per heavy atom. The Labute approximate surface area is 97.8 Å². The van der Waals surface area contributed by atoms with Crippen molar-refractivity contribution in [1.29, 1.82) is 0 Å². The van der Waals surface area contributed by atoms with Crippen LogP contribution in [-0.4, -0.2) is 35.1 Å². The lowest BCUT2D eigenvalue weighted by atomic mass is 10.0. The number of carboxylic acid groups (broad SMARTS) is 1. The molecule has 2 aliphatic rings. The van der Waals surface area contributed by atoms with Gasteiger partial charge in [0.25, 0.3) is 0 Å². The molecule has 0 spiro atoms. The van der Waals surface area contributed by atoms with Crippen LogP contribution in [0.2, 0.25) is 0 Å². The fraction of sp³-hybridized carbons (Fsp3) is 0.923. The average molecular weight is 225 g/mol. The van der Waals surface area contributed by atoms with Crippen molar-refractivity contribution in [2.24, 2.45) is 11.3 Å². The van der Waals surface area contributed by atoms with Gasteiger partial charge in [0.1, 0.15) is 0 Å². The molecule has 2 fully saturated rings. The molecule has 0 aromatic heterocycles. The molecule has 0 heterocycles. The molecule has 0 radical (unpaired) electrons. The van der Waals surface area contributed by atoms with Crippen molar-refractivity contribution in [2.45, 2.75) is 52.0 Å². The van der Waals surface area contributed by atoms with Gasteiger partial charge in [-0.3, -0.25) is 4.79 Å². The summed E-state index contributed by atoms with van der Waals surface area (Å²) in [5.41, 5.74) is 0.116. The number of aliphatic carboxylic acids is 1.